The molecular formula is C14H21N3O2S. The Balaban J connectivity index is 1.47. The van der Waals surface area contributed by atoms with Crippen molar-refractivity contribution >= 4 is 17.4 Å². The molecule has 0 radical (unpaired) electrons. The van der Waals surface area contributed by atoms with Gasteiger partial charge in [-0.25, -0.2) is 9.78 Å². The largest absolute Gasteiger partial charge is 0.377 e. The van der Waals surface area contributed by atoms with E-state index in [2.05, 4.69) is 10.3 Å². The minimum absolute atomic E-state index is 0.0541. The van der Waals surface area contributed by atoms with Crippen molar-refractivity contribution in [3.63, 3.8) is 0 Å². The zero-order chi connectivity index (χ0) is 13.9. The lowest BCUT2D eigenvalue weighted by atomic mass is 10.1. The lowest BCUT2D eigenvalue weighted by Crippen LogP contribution is -2.53. The van der Waals surface area contributed by atoms with Gasteiger partial charge in [-0.2, -0.15) is 0 Å². The first-order chi connectivity index (χ1) is 9.74. The SMILES string of the molecule is Cc1csc(CCNC(=O)N2CCOC[C@H]2C2CC2)n1. The molecule has 3 rings (SSSR count). The highest BCUT2D eigenvalue weighted by Crippen LogP contribution is 2.36. The van der Waals surface area contributed by atoms with Gasteiger partial charge in [-0.1, -0.05) is 0 Å². The number of aryl methyl sites for hydroxylation is 1. The number of ether oxygens (including phenoxy) is 1. The van der Waals surface area contributed by atoms with Gasteiger partial charge in [0.15, 0.2) is 0 Å². The summed E-state index contributed by atoms with van der Waals surface area (Å²) < 4.78 is 5.51. The van der Waals surface area contributed by atoms with Gasteiger partial charge >= 0.3 is 6.03 Å². The van der Waals surface area contributed by atoms with E-state index in [9.17, 15) is 4.79 Å². The Morgan fingerprint density at radius 2 is 2.45 bits per heavy atom. The smallest absolute Gasteiger partial charge is 0.317 e. The number of thiazole rings is 1. The number of aromatic nitrogens is 1. The molecule has 1 saturated heterocycles. The van der Waals surface area contributed by atoms with Crippen molar-refractivity contribution in [2.75, 3.05) is 26.3 Å². The van der Waals surface area contributed by atoms with Crippen LogP contribution >= 0.6 is 11.3 Å². The third-order valence-corrected chi connectivity index (χ3v) is 4.90. The molecule has 0 spiro atoms. The quantitative estimate of drug-likeness (QED) is 0.922. The standard InChI is InChI=1S/C14H21N3O2S/c1-10-9-20-13(16-10)4-5-15-14(18)17-6-7-19-8-12(17)11-2-3-11/h9,11-12H,2-8H2,1H3,(H,15,18)/t12-/m0/s1. The lowest BCUT2D eigenvalue weighted by Gasteiger charge is -2.35. The second kappa shape index (κ2) is 6.10. The van der Waals surface area contributed by atoms with Crippen molar-refractivity contribution in [3.05, 3.63) is 16.1 Å². The summed E-state index contributed by atoms with van der Waals surface area (Å²) in [6, 6.07) is 0.337. The summed E-state index contributed by atoms with van der Waals surface area (Å²) in [6.45, 7) is 4.71. The van der Waals surface area contributed by atoms with Gasteiger partial charge in [-0.05, 0) is 25.7 Å². The number of amides is 2. The predicted molar refractivity (Wildman–Crippen MR) is 78.0 cm³/mol. The van der Waals surface area contributed by atoms with E-state index in [1.165, 1.54) is 12.8 Å². The molecule has 0 aromatic carbocycles. The third kappa shape index (κ3) is 3.30. The van der Waals surface area contributed by atoms with Crippen molar-refractivity contribution in [2.24, 2.45) is 5.92 Å². The molecule has 0 unspecified atom stereocenters. The highest BCUT2D eigenvalue weighted by molar-refractivity contribution is 7.09. The van der Waals surface area contributed by atoms with Crippen LogP contribution in [0.3, 0.4) is 0 Å². The first-order valence-electron chi connectivity index (χ1n) is 7.27. The van der Waals surface area contributed by atoms with Gasteiger partial charge in [0.25, 0.3) is 0 Å². The number of rotatable bonds is 4. The third-order valence-electron chi connectivity index (χ3n) is 3.87. The van der Waals surface area contributed by atoms with Crippen LogP contribution in [0.4, 0.5) is 4.79 Å². The molecule has 0 bridgehead atoms. The second-order valence-electron chi connectivity index (χ2n) is 5.54. The maximum absolute atomic E-state index is 12.3. The van der Waals surface area contributed by atoms with Gasteiger partial charge in [0.1, 0.15) is 0 Å². The number of morpholine rings is 1. The first kappa shape index (κ1) is 13.8. The summed E-state index contributed by atoms with van der Waals surface area (Å²) in [7, 11) is 0. The van der Waals surface area contributed by atoms with Gasteiger partial charge in [-0.3, -0.25) is 0 Å². The number of hydrogen-bond acceptors (Lipinski definition) is 4. The fourth-order valence-electron chi connectivity index (χ4n) is 2.64. The first-order valence-corrected chi connectivity index (χ1v) is 8.15. The maximum atomic E-state index is 12.3. The van der Waals surface area contributed by atoms with E-state index < -0.39 is 0 Å². The van der Waals surface area contributed by atoms with Crippen molar-refractivity contribution in [1.82, 2.24) is 15.2 Å². The van der Waals surface area contributed by atoms with Gasteiger partial charge in [-0.15, -0.1) is 11.3 Å². The number of hydrogen-bond donors (Lipinski definition) is 1. The van der Waals surface area contributed by atoms with Crippen LogP contribution in [0.25, 0.3) is 0 Å². The highest BCUT2D eigenvalue weighted by atomic mass is 32.1. The van der Waals surface area contributed by atoms with Crippen molar-refractivity contribution in [2.45, 2.75) is 32.2 Å². The number of nitrogens with one attached hydrogen (secondary N) is 1. The van der Waals surface area contributed by atoms with E-state index in [1.807, 2.05) is 17.2 Å². The molecule has 2 amide bonds. The van der Waals surface area contributed by atoms with Crippen LogP contribution in [-0.4, -0.2) is 48.3 Å². The Hall–Kier alpha value is -1.14. The molecule has 5 nitrogen and oxygen atoms in total. The molecule has 1 saturated carbocycles. The van der Waals surface area contributed by atoms with Crippen LogP contribution in [0.15, 0.2) is 5.38 Å². The fraction of sp³-hybridized carbons (Fsp3) is 0.714. The normalized spacial score (nSPS) is 22.9. The Labute approximate surface area is 123 Å². The minimum Gasteiger partial charge on any atom is -0.377 e. The van der Waals surface area contributed by atoms with Gasteiger partial charge in [0.05, 0.1) is 24.3 Å². The molecule has 1 aliphatic carbocycles. The molecule has 110 valence electrons. The number of nitrogens with zero attached hydrogens (tertiary/aromatic N) is 2. The molecule has 1 aliphatic heterocycles. The van der Waals surface area contributed by atoms with Crippen molar-refractivity contribution in [3.8, 4) is 0 Å². The van der Waals surface area contributed by atoms with Crippen LogP contribution < -0.4 is 5.32 Å². The summed E-state index contributed by atoms with van der Waals surface area (Å²) in [5, 5.41) is 6.15. The van der Waals surface area contributed by atoms with Crippen LogP contribution in [-0.2, 0) is 11.2 Å². The molecule has 1 aromatic heterocycles. The Morgan fingerprint density at radius 3 is 3.15 bits per heavy atom. The summed E-state index contributed by atoms with van der Waals surface area (Å²) in [4.78, 5) is 18.7. The predicted octanol–water partition coefficient (Wildman–Crippen LogP) is 1.81. The highest BCUT2D eigenvalue weighted by Gasteiger charge is 2.39. The van der Waals surface area contributed by atoms with Crippen LogP contribution in [0.1, 0.15) is 23.5 Å². The molecule has 20 heavy (non-hydrogen) atoms. The van der Waals surface area contributed by atoms with Crippen LogP contribution in [0.2, 0.25) is 0 Å². The van der Waals surface area contributed by atoms with Crippen LogP contribution in [0.5, 0.6) is 0 Å². The van der Waals surface area contributed by atoms with E-state index in [0.29, 0.717) is 32.2 Å². The Kier molecular flexibility index (Phi) is 4.21. The van der Waals surface area contributed by atoms with E-state index in [4.69, 9.17) is 4.74 Å². The summed E-state index contributed by atoms with van der Waals surface area (Å²) in [5.74, 6) is 0.655. The van der Waals surface area contributed by atoms with Crippen molar-refractivity contribution in [1.29, 1.82) is 0 Å². The zero-order valence-electron chi connectivity index (χ0n) is 11.8. The number of carbonyl (C=O) groups excluding carboxylic acids is 1. The zero-order valence-corrected chi connectivity index (χ0v) is 12.6. The van der Waals surface area contributed by atoms with Gasteiger partial charge in [0.2, 0.25) is 0 Å². The lowest BCUT2D eigenvalue weighted by molar-refractivity contribution is 0.00477. The number of carbonyl (C=O) groups is 1. The average molecular weight is 295 g/mol. The molecular weight excluding hydrogens is 274 g/mol. The second-order valence-corrected chi connectivity index (χ2v) is 6.48. The summed E-state index contributed by atoms with van der Waals surface area (Å²) in [5.41, 5.74) is 1.05. The van der Waals surface area contributed by atoms with Crippen LogP contribution in [0, 0.1) is 12.8 Å². The van der Waals surface area contributed by atoms with Gasteiger partial charge in [0, 0.05) is 30.6 Å². The van der Waals surface area contributed by atoms with E-state index in [-0.39, 0.29) is 12.1 Å². The summed E-state index contributed by atoms with van der Waals surface area (Å²) in [6.07, 6.45) is 3.27. The monoisotopic (exact) mass is 295 g/mol. The molecule has 2 aliphatic rings. The molecule has 2 fully saturated rings. The van der Waals surface area contributed by atoms with E-state index in [0.717, 1.165) is 17.1 Å². The molecule has 1 N–H and O–H groups in total. The maximum Gasteiger partial charge on any atom is 0.317 e. The minimum atomic E-state index is 0.0541. The van der Waals surface area contributed by atoms with E-state index in [1.54, 1.807) is 11.3 Å². The van der Waals surface area contributed by atoms with Crippen molar-refractivity contribution < 1.29 is 9.53 Å². The molecule has 6 heteroatoms. The van der Waals surface area contributed by atoms with Gasteiger partial charge < -0.3 is 15.0 Å². The van der Waals surface area contributed by atoms with E-state index >= 15 is 0 Å². The fourth-order valence-corrected chi connectivity index (χ4v) is 3.42. The number of urea groups is 1. The average Bonchev–Trinajstić information content (AvgIpc) is 3.22. The molecule has 2 heterocycles. The molecule has 1 atom stereocenters. The Bertz CT molecular complexity index is 473. The topological polar surface area (TPSA) is 54.5 Å². The Morgan fingerprint density at radius 1 is 1.60 bits per heavy atom. The molecule has 1 aromatic rings. The summed E-state index contributed by atoms with van der Waals surface area (Å²) >= 11 is 1.66.